The van der Waals surface area contributed by atoms with E-state index in [2.05, 4.69) is 5.32 Å². The van der Waals surface area contributed by atoms with Gasteiger partial charge in [0.05, 0.1) is 13.2 Å². The van der Waals surface area contributed by atoms with Crippen molar-refractivity contribution in [2.24, 2.45) is 0 Å². The minimum Gasteiger partial charge on any atom is -0.490 e. The molecule has 1 unspecified atom stereocenters. The molecule has 0 bridgehead atoms. The molecule has 2 aromatic carbocycles. The zero-order valence-corrected chi connectivity index (χ0v) is 20.4. The summed E-state index contributed by atoms with van der Waals surface area (Å²) in [5, 5.41) is 2.95. The van der Waals surface area contributed by atoms with Gasteiger partial charge in [-0.15, -0.1) is 0 Å². The first-order valence-electron chi connectivity index (χ1n) is 12.0. The summed E-state index contributed by atoms with van der Waals surface area (Å²) in [6.07, 6.45) is 2.29. The normalized spacial score (nSPS) is 11.5. The van der Waals surface area contributed by atoms with E-state index in [9.17, 15) is 9.59 Å². The lowest BCUT2D eigenvalue weighted by Gasteiger charge is -2.30. The maximum atomic E-state index is 13.4. The van der Waals surface area contributed by atoms with E-state index in [1.165, 1.54) is 0 Å². The predicted octanol–water partition coefficient (Wildman–Crippen LogP) is 4.75. The van der Waals surface area contributed by atoms with Crippen molar-refractivity contribution in [2.45, 2.75) is 66.0 Å². The molecule has 2 aromatic rings. The van der Waals surface area contributed by atoms with Gasteiger partial charge in [-0.05, 0) is 56.4 Å². The first-order valence-corrected chi connectivity index (χ1v) is 12.0. The molecule has 6 heteroatoms. The van der Waals surface area contributed by atoms with Crippen LogP contribution in [-0.4, -0.2) is 42.5 Å². The van der Waals surface area contributed by atoms with E-state index in [0.717, 1.165) is 17.5 Å². The Morgan fingerprint density at radius 2 is 1.61 bits per heavy atom. The van der Waals surface area contributed by atoms with Gasteiger partial charge in [0.25, 0.3) is 0 Å². The van der Waals surface area contributed by atoms with Crippen LogP contribution in [0.1, 0.15) is 58.1 Å². The van der Waals surface area contributed by atoms with E-state index in [-0.39, 0.29) is 11.8 Å². The number of nitrogens with one attached hydrogen (secondary N) is 1. The zero-order valence-electron chi connectivity index (χ0n) is 20.4. The summed E-state index contributed by atoms with van der Waals surface area (Å²) in [7, 11) is 0. The minimum atomic E-state index is -0.497. The summed E-state index contributed by atoms with van der Waals surface area (Å²) in [6, 6.07) is 15.1. The topological polar surface area (TPSA) is 67.9 Å². The maximum absolute atomic E-state index is 13.4. The molecule has 1 atom stereocenters. The predicted molar refractivity (Wildman–Crippen MR) is 131 cm³/mol. The first-order chi connectivity index (χ1) is 16.0. The first kappa shape index (κ1) is 26.2. The molecular formula is C27H38N2O4. The second-order valence-electron chi connectivity index (χ2n) is 7.87. The Balaban J connectivity index is 2.18. The summed E-state index contributed by atoms with van der Waals surface area (Å²) in [5.41, 5.74) is 2.01. The molecule has 1 N–H and O–H groups in total. The number of aryl methyl sites for hydroxylation is 1. The monoisotopic (exact) mass is 454 g/mol. The van der Waals surface area contributed by atoms with Crippen molar-refractivity contribution in [2.75, 3.05) is 19.8 Å². The van der Waals surface area contributed by atoms with Crippen molar-refractivity contribution in [1.29, 1.82) is 0 Å². The average Bonchev–Trinajstić information content (AvgIpc) is 2.83. The molecule has 180 valence electrons. The minimum absolute atomic E-state index is 0.0378. The van der Waals surface area contributed by atoms with Crippen molar-refractivity contribution in [3.63, 3.8) is 0 Å². The third kappa shape index (κ3) is 8.12. The summed E-state index contributed by atoms with van der Waals surface area (Å²) in [4.78, 5) is 27.9. The Bertz CT molecular complexity index is 870. The fraction of sp³-hybridized carbons (Fsp3) is 0.481. The van der Waals surface area contributed by atoms with Gasteiger partial charge in [-0.1, -0.05) is 50.2 Å². The number of benzene rings is 2. The lowest BCUT2D eigenvalue weighted by Crippen LogP contribution is -2.49. The number of nitrogens with zero attached hydrogens (tertiary/aromatic N) is 1. The van der Waals surface area contributed by atoms with Crippen LogP contribution >= 0.6 is 0 Å². The van der Waals surface area contributed by atoms with E-state index in [1.54, 1.807) is 4.90 Å². The van der Waals surface area contributed by atoms with Crippen LogP contribution in [0.15, 0.2) is 48.5 Å². The SMILES string of the molecule is CCCNC(=O)C(CC)N(Cc1ccccc1)C(=O)CCc1ccc(OCC)c(OCC)c1. The number of hydrogen-bond donors (Lipinski definition) is 1. The molecule has 0 radical (unpaired) electrons. The van der Waals surface area contributed by atoms with Gasteiger partial charge < -0.3 is 19.7 Å². The highest BCUT2D eigenvalue weighted by Gasteiger charge is 2.28. The Morgan fingerprint density at radius 1 is 0.909 bits per heavy atom. The number of ether oxygens (including phenoxy) is 2. The van der Waals surface area contributed by atoms with Gasteiger partial charge in [0.15, 0.2) is 11.5 Å². The van der Waals surface area contributed by atoms with Gasteiger partial charge in [0.2, 0.25) is 11.8 Å². The molecule has 0 saturated heterocycles. The highest BCUT2D eigenvalue weighted by Crippen LogP contribution is 2.29. The highest BCUT2D eigenvalue weighted by atomic mass is 16.5. The Morgan fingerprint density at radius 3 is 2.24 bits per heavy atom. The molecule has 0 aliphatic rings. The molecule has 2 rings (SSSR count). The number of rotatable bonds is 14. The van der Waals surface area contributed by atoms with Crippen LogP contribution in [0.5, 0.6) is 11.5 Å². The van der Waals surface area contributed by atoms with Crippen LogP contribution in [0.4, 0.5) is 0 Å². The summed E-state index contributed by atoms with van der Waals surface area (Å²) >= 11 is 0. The molecule has 0 spiro atoms. The average molecular weight is 455 g/mol. The number of carbonyl (C=O) groups excluding carboxylic acids is 2. The third-order valence-electron chi connectivity index (χ3n) is 5.37. The fourth-order valence-corrected chi connectivity index (χ4v) is 3.71. The molecule has 0 saturated carbocycles. The fourth-order valence-electron chi connectivity index (χ4n) is 3.71. The van der Waals surface area contributed by atoms with Crippen LogP contribution in [-0.2, 0) is 22.6 Å². The molecular weight excluding hydrogens is 416 g/mol. The second-order valence-corrected chi connectivity index (χ2v) is 7.87. The zero-order chi connectivity index (χ0) is 24.1. The van der Waals surface area contributed by atoms with Gasteiger partial charge in [0.1, 0.15) is 6.04 Å². The lowest BCUT2D eigenvalue weighted by atomic mass is 10.1. The van der Waals surface area contributed by atoms with Gasteiger partial charge in [-0.2, -0.15) is 0 Å². The van der Waals surface area contributed by atoms with Gasteiger partial charge in [-0.25, -0.2) is 0 Å². The number of amides is 2. The summed E-state index contributed by atoms with van der Waals surface area (Å²) < 4.78 is 11.3. The molecule has 0 aromatic heterocycles. The van der Waals surface area contributed by atoms with E-state index >= 15 is 0 Å². The Hall–Kier alpha value is -3.02. The maximum Gasteiger partial charge on any atom is 0.242 e. The van der Waals surface area contributed by atoms with Gasteiger partial charge in [0, 0.05) is 19.5 Å². The van der Waals surface area contributed by atoms with E-state index in [0.29, 0.717) is 57.1 Å². The quantitative estimate of drug-likeness (QED) is 0.447. The van der Waals surface area contributed by atoms with Gasteiger partial charge in [-0.3, -0.25) is 9.59 Å². The van der Waals surface area contributed by atoms with Crippen LogP contribution in [0.25, 0.3) is 0 Å². The summed E-state index contributed by atoms with van der Waals surface area (Å²) in [5.74, 6) is 1.27. The molecule has 6 nitrogen and oxygen atoms in total. The van der Waals surface area contributed by atoms with Crippen LogP contribution < -0.4 is 14.8 Å². The largest absolute Gasteiger partial charge is 0.490 e. The third-order valence-corrected chi connectivity index (χ3v) is 5.37. The molecule has 0 fully saturated rings. The van der Waals surface area contributed by atoms with Crippen molar-refractivity contribution in [3.8, 4) is 11.5 Å². The molecule has 2 amide bonds. The number of hydrogen-bond acceptors (Lipinski definition) is 4. The van der Waals surface area contributed by atoms with Crippen molar-refractivity contribution >= 4 is 11.8 Å². The van der Waals surface area contributed by atoms with E-state index < -0.39 is 6.04 Å². The Kier molecular flexibility index (Phi) is 11.3. The molecule has 0 aliphatic carbocycles. The highest BCUT2D eigenvalue weighted by molar-refractivity contribution is 5.87. The van der Waals surface area contributed by atoms with E-state index in [4.69, 9.17) is 9.47 Å². The number of carbonyl (C=O) groups is 2. The van der Waals surface area contributed by atoms with E-state index in [1.807, 2.05) is 76.2 Å². The van der Waals surface area contributed by atoms with Crippen molar-refractivity contribution in [3.05, 3.63) is 59.7 Å². The van der Waals surface area contributed by atoms with Crippen molar-refractivity contribution < 1.29 is 19.1 Å². The second kappa shape index (κ2) is 14.2. The summed E-state index contributed by atoms with van der Waals surface area (Å²) in [6.45, 7) is 9.94. The smallest absolute Gasteiger partial charge is 0.242 e. The molecule has 0 heterocycles. The standard InChI is InChI=1S/C27H38N2O4/c1-5-18-28-27(31)23(6-2)29(20-22-12-10-9-11-13-22)26(30)17-15-21-14-16-24(32-7-3)25(19-21)33-8-4/h9-14,16,19,23H,5-8,15,17-18,20H2,1-4H3,(H,28,31). The lowest BCUT2D eigenvalue weighted by molar-refractivity contribution is -0.141. The Labute approximate surface area is 198 Å². The molecule has 33 heavy (non-hydrogen) atoms. The van der Waals surface area contributed by atoms with Crippen LogP contribution in [0.3, 0.4) is 0 Å². The van der Waals surface area contributed by atoms with Gasteiger partial charge >= 0.3 is 0 Å². The van der Waals surface area contributed by atoms with Crippen LogP contribution in [0, 0.1) is 0 Å². The molecule has 0 aliphatic heterocycles. The van der Waals surface area contributed by atoms with Crippen molar-refractivity contribution in [1.82, 2.24) is 10.2 Å². The van der Waals surface area contributed by atoms with Crippen LogP contribution in [0.2, 0.25) is 0 Å².